The van der Waals surface area contributed by atoms with Crippen molar-refractivity contribution in [3.05, 3.63) is 41.2 Å². The summed E-state index contributed by atoms with van der Waals surface area (Å²) in [5, 5.41) is 3.36. The van der Waals surface area contributed by atoms with Crippen molar-refractivity contribution in [3.63, 3.8) is 0 Å². The Balaban J connectivity index is 0. The molecule has 1 aliphatic carbocycles. The summed E-state index contributed by atoms with van der Waals surface area (Å²) in [5.41, 5.74) is 6.43. The first kappa shape index (κ1) is 23.7. The predicted molar refractivity (Wildman–Crippen MR) is 108 cm³/mol. The van der Waals surface area contributed by atoms with E-state index in [4.69, 9.17) is 4.98 Å². The smallest absolute Gasteiger partial charge is 0.0480 e. The van der Waals surface area contributed by atoms with Gasteiger partial charge in [0.05, 0.1) is 0 Å². The first-order valence-electron chi connectivity index (χ1n) is 9.09. The quantitative estimate of drug-likeness (QED) is 0.622. The normalized spacial score (nSPS) is 11.7. The van der Waals surface area contributed by atoms with Crippen molar-refractivity contribution >= 4 is 11.8 Å². The van der Waals surface area contributed by atoms with E-state index in [1.807, 2.05) is 41.7 Å². The highest BCUT2D eigenvalue weighted by Gasteiger charge is 2.17. The van der Waals surface area contributed by atoms with Crippen LogP contribution in [0.5, 0.6) is 0 Å². The molecule has 23 heavy (non-hydrogen) atoms. The van der Waals surface area contributed by atoms with Gasteiger partial charge in [-0.3, -0.25) is 4.98 Å². The van der Waals surface area contributed by atoms with Crippen molar-refractivity contribution < 1.29 is 0 Å². The highest BCUT2D eigenvalue weighted by Crippen LogP contribution is 2.31. The van der Waals surface area contributed by atoms with Crippen LogP contribution in [0, 0.1) is 6.92 Å². The van der Waals surface area contributed by atoms with Crippen molar-refractivity contribution in [2.45, 2.75) is 74.1 Å². The van der Waals surface area contributed by atoms with Crippen LogP contribution in [-0.2, 0) is 12.8 Å². The fourth-order valence-electron chi connectivity index (χ4n) is 2.54. The molecule has 0 atom stereocenters. The van der Waals surface area contributed by atoms with Gasteiger partial charge in [-0.2, -0.15) is 0 Å². The van der Waals surface area contributed by atoms with Crippen LogP contribution in [0.25, 0.3) is 6.08 Å². The Hall–Kier alpha value is -1.57. The first-order chi connectivity index (χ1) is 11.2. The Kier molecular flexibility index (Phi) is 15.8. The lowest BCUT2D eigenvalue weighted by molar-refractivity contribution is 0.666. The number of hydrogen-bond donors (Lipinski definition) is 1. The van der Waals surface area contributed by atoms with E-state index in [0.717, 1.165) is 12.1 Å². The van der Waals surface area contributed by atoms with Crippen molar-refractivity contribution in [1.29, 1.82) is 0 Å². The van der Waals surface area contributed by atoms with Crippen LogP contribution in [0.1, 0.15) is 76.9 Å². The van der Waals surface area contributed by atoms with Gasteiger partial charge < -0.3 is 5.32 Å². The van der Waals surface area contributed by atoms with Gasteiger partial charge in [0.15, 0.2) is 0 Å². The summed E-state index contributed by atoms with van der Waals surface area (Å²) < 4.78 is 0. The average molecular weight is 319 g/mol. The van der Waals surface area contributed by atoms with Crippen LogP contribution >= 0.6 is 0 Å². The molecule has 1 aromatic rings. The molecule has 0 saturated carbocycles. The van der Waals surface area contributed by atoms with E-state index in [1.54, 1.807) is 6.08 Å². The van der Waals surface area contributed by atoms with E-state index in [0.29, 0.717) is 0 Å². The van der Waals surface area contributed by atoms with E-state index in [9.17, 15) is 0 Å². The molecular weight excluding hydrogens is 280 g/mol. The summed E-state index contributed by atoms with van der Waals surface area (Å²) in [6.45, 7) is 17.4. The Morgan fingerprint density at radius 1 is 1.04 bits per heavy atom. The second-order valence-electron chi connectivity index (χ2n) is 4.78. The summed E-state index contributed by atoms with van der Waals surface area (Å²) >= 11 is 0. The number of fused-ring (bicyclic) bond motifs is 1. The second-order valence-corrected chi connectivity index (χ2v) is 4.78. The SMILES string of the molecule is C/C=C\c1c(C)nc2c(c1NC)CCCC2.C=CC.CC.CC. The number of hydrogen-bond acceptors (Lipinski definition) is 2. The van der Waals surface area contributed by atoms with Crippen LogP contribution in [-0.4, -0.2) is 12.0 Å². The molecular formula is C21H38N2. The third-order valence-corrected chi connectivity index (χ3v) is 3.29. The maximum absolute atomic E-state index is 4.75. The van der Waals surface area contributed by atoms with Crippen molar-refractivity contribution in [3.8, 4) is 0 Å². The molecule has 0 unspecified atom stereocenters. The fourth-order valence-corrected chi connectivity index (χ4v) is 2.54. The molecule has 0 aromatic carbocycles. The van der Waals surface area contributed by atoms with E-state index in [1.165, 1.54) is 41.8 Å². The lowest BCUT2D eigenvalue weighted by Crippen LogP contribution is -2.11. The molecule has 2 nitrogen and oxygen atoms in total. The van der Waals surface area contributed by atoms with Gasteiger partial charge in [0.1, 0.15) is 0 Å². The summed E-state index contributed by atoms with van der Waals surface area (Å²) in [6, 6.07) is 0. The minimum Gasteiger partial charge on any atom is -0.387 e. The van der Waals surface area contributed by atoms with E-state index < -0.39 is 0 Å². The number of nitrogens with one attached hydrogen (secondary N) is 1. The second kappa shape index (κ2) is 15.3. The molecule has 1 N–H and O–H groups in total. The van der Waals surface area contributed by atoms with Crippen LogP contribution in [0.4, 0.5) is 5.69 Å². The van der Waals surface area contributed by atoms with Gasteiger partial charge in [-0.15, -0.1) is 6.58 Å². The summed E-state index contributed by atoms with van der Waals surface area (Å²) in [5.74, 6) is 0. The predicted octanol–water partition coefficient (Wildman–Crippen LogP) is 6.59. The molecule has 0 radical (unpaired) electrons. The molecule has 1 aliphatic rings. The molecule has 2 rings (SSSR count). The zero-order chi connectivity index (χ0) is 18.3. The molecule has 132 valence electrons. The fraction of sp³-hybridized carbons (Fsp3) is 0.571. The largest absolute Gasteiger partial charge is 0.387 e. The Bertz CT molecular complexity index is 459. The third kappa shape index (κ3) is 7.49. The standard InChI is InChI=1S/C14H20N2.C3H6.2C2H6/c1-4-7-11-10(2)16-13-9-6-5-8-12(13)14(11)15-3;1-3-2;2*1-2/h4,7H,5-6,8-9H2,1-3H3,(H,15,16);3H,1H2,2H3;2*1-2H3/b7-4-;;;. The molecule has 0 fully saturated rings. The number of aromatic nitrogens is 1. The highest BCUT2D eigenvalue weighted by atomic mass is 14.9. The van der Waals surface area contributed by atoms with Gasteiger partial charge in [0.2, 0.25) is 0 Å². The zero-order valence-electron chi connectivity index (χ0n) is 16.7. The van der Waals surface area contributed by atoms with Gasteiger partial charge in [-0.05, 0) is 52.0 Å². The van der Waals surface area contributed by atoms with Gasteiger partial charge in [-0.25, -0.2) is 0 Å². The number of pyridine rings is 1. The maximum atomic E-state index is 4.75. The lowest BCUT2D eigenvalue weighted by Gasteiger charge is -2.21. The van der Waals surface area contributed by atoms with Gasteiger partial charge in [-0.1, -0.05) is 45.9 Å². The van der Waals surface area contributed by atoms with Crippen LogP contribution in [0.2, 0.25) is 0 Å². The third-order valence-electron chi connectivity index (χ3n) is 3.29. The molecule has 2 heteroatoms. The first-order valence-corrected chi connectivity index (χ1v) is 9.09. The highest BCUT2D eigenvalue weighted by molar-refractivity contribution is 5.72. The number of anilines is 1. The lowest BCUT2D eigenvalue weighted by atomic mass is 9.92. The summed E-state index contributed by atoms with van der Waals surface area (Å²) in [4.78, 5) is 4.75. The number of aryl methyl sites for hydroxylation is 2. The Morgan fingerprint density at radius 2 is 1.57 bits per heavy atom. The molecule has 0 spiro atoms. The number of rotatable bonds is 2. The summed E-state index contributed by atoms with van der Waals surface area (Å²) in [6.07, 6.45) is 10.9. The molecule has 0 aliphatic heterocycles. The van der Waals surface area contributed by atoms with Crippen LogP contribution in [0.15, 0.2) is 18.7 Å². The Morgan fingerprint density at radius 3 is 2.04 bits per heavy atom. The van der Waals surface area contributed by atoms with Crippen molar-refractivity contribution in [2.75, 3.05) is 12.4 Å². The van der Waals surface area contributed by atoms with Crippen LogP contribution < -0.4 is 5.32 Å². The molecule has 1 heterocycles. The molecule has 0 bridgehead atoms. The van der Waals surface area contributed by atoms with E-state index in [2.05, 4.69) is 37.9 Å². The van der Waals surface area contributed by atoms with Crippen molar-refractivity contribution in [2.24, 2.45) is 0 Å². The number of nitrogens with zero attached hydrogens (tertiary/aromatic N) is 1. The van der Waals surface area contributed by atoms with Gasteiger partial charge in [0.25, 0.3) is 0 Å². The maximum Gasteiger partial charge on any atom is 0.0480 e. The summed E-state index contributed by atoms with van der Waals surface area (Å²) in [7, 11) is 2.01. The average Bonchev–Trinajstić information content (AvgIpc) is 2.60. The van der Waals surface area contributed by atoms with Gasteiger partial charge >= 0.3 is 0 Å². The topological polar surface area (TPSA) is 24.9 Å². The Labute approximate surface area is 145 Å². The van der Waals surface area contributed by atoms with Crippen molar-refractivity contribution in [1.82, 2.24) is 4.98 Å². The number of allylic oxidation sites excluding steroid dienone is 2. The van der Waals surface area contributed by atoms with Gasteiger partial charge in [0, 0.05) is 29.7 Å². The molecule has 0 amide bonds. The molecule has 1 aromatic heterocycles. The van der Waals surface area contributed by atoms with E-state index in [-0.39, 0.29) is 0 Å². The van der Waals surface area contributed by atoms with E-state index >= 15 is 0 Å². The molecule has 0 saturated heterocycles. The minimum atomic E-state index is 1.14. The monoisotopic (exact) mass is 318 g/mol. The minimum absolute atomic E-state index is 1.14. The van der Waals surface area contributed by atoms with Crippen LogP contribution in [0.3, 0.4) is 0 Å². The zero-order valence-corrected chi connectivity index (χ0v) is 16.7.